The third-order valence-electron chi connectivity index (χ3n) is 3.11. The monoisotopic (exact) mass is 419 g/mol. The van der Waals surface area contributed by atoms with E-state index >= 15 is 0 Å². The van der Waals surface area contributed by atoms with Gasteiger partial charge >= 0.3 is 0 Å². The SMILES string of the molecule is CC(c1ccc(F)cc1)N(C)C(=O)c1cc(Br)c(Br)s1. The van der Waals surface area contributed by atoms with Crippen LogP contribution in [0.25, 0.3) is 0 Å². The highest BCUT2D eigenvalue weighted by Gasteiger charge is 2.21. The maximum absolute atomic E-state index is 12.9. The van der Waals surface area contributed by atoms with Gasteiger partial charge in [-0.25, -0.2) is 4.39 Å². The van der Waals surface area contributed by atoms with Gasteiger partial charge in [0.05, 0.1) is 14.7 Å². The lowest BCUT2D eigenvalue weighted by Crippen LogP contribution is -2.29. The molecule has 20 heavy (non-hydrogen) atoms. The lowest BCUT2D eigenvalue weighted by molar-refractivity contribution is 0.0747. The normalized spacial score (nSPS) is 12.2. The van der Waals surface area contributed by atoms with Crippen LogP contribution in [0.4, 0.5) is 4.39 Å². The molecule has 1 unspecified atom stereocenters. The van der Waals surface area contributed by atoms with Gasteiger partial charge in [0.1, 0.15) is 5.82 Å². The van der Waals surface area contributed by atoms with E-state index in [1.165, 1.54) is 23.5 Å². The molecule has 1 aromatic heterocycles. The molecule has 0 saturated heterocycles. The van der Waals surface area contributed by atoms with Crippen LogP contribution in [0, 0.1) is 5.82 Å². The molecule has 0 aliphatic carbocycles. The fraction of sp³-hybridized carbons (Fsp3) is 0.214. The van der Waals surface area contributed by atoms with Crippen LogP contribution >= 0.6 is 43.2 Å². The van der Waals surface area contributed by atoms with Gasteiger partial charge in [0.15, 0.2) is 0 Å². The van der Waals surface area contributed by atoms with Crippen molar-refractivity contribution in [2.75, 3.05) is 7.05 Å². The molecule has 0 bridgehead atoms. The summed E-state index contributed by atoms with van der Waals surface area (Å²) < 4.78 is 14.7. The van der Waals surface area contributed by atoms with Gasteiger partial charge < -0.3 is 4.90 Å². The number of rotatable bonds is 3. The predicted octanol–water partition coefficient (Wildman–Crippen LogP) is 5.25. The summed E-state index contributed by atoms with van der Waals surface area (Å²) in [7, 11) is 1.75. The second-order valence-corrected chi connectivity index (χ2v) is 7.60. The van der Waals surface area contributed by atoms with Crippen LogP contribution in [0.2, 0.25) is 0 Å². The molecule has 1 amide bonds. The molecule has 0 saturated carbocycles. The lowest BCUT2D eigenvalue weighted by Gasteiger charge is -2.24. The predicted molar refractivity (Wildman–Crippen MR) is 86.6 cm³/mol. The fourth-order valence-electron chi connectivity index (χ4n) is 1.77. The zero-order chi connectivity index (χ0) is 14.9. The number of amides is 1. The third-order valence-corrected chi connectivity index (χ3v) is 6.35. The van der Waals surface area contributed by atoms with E-state index in [4.69, 9.17) is 0 Å². The minimum atomic E-state index is -0.277. The van der Waals surface area contributed by atoms with Crippen LogP contribution in [-0.2, 0) is 0 Å². The molecule has 0 aliphatic rings. The molecule has 2 nitrogen and oxygen atoms in total. The van der Waals surface area contributed by atoms with Crippen molar-refractivity contribution in [3.63, 3.8) is 0 Å². The number of benzene rings is 1. The summed E-state index contributed by atoms with van der Waals surface area (Å²) in [5, 5.41) is 0. The Morgan fingerprint density at radius 3 is 2.40 bits per heavy atom. The zero-order valence-corrected chi connectivity index (χ0v) is 14.9. The molecule has 106 valence electrons. The number of carbonyl (C=O) groups excluding carboxylic acids is 1. The molecule has 0 aliphatic heterocycles. The van der Waals surface area contributed by atoms with Crippen molar-refractivity contribution in [2.24, 2.45) is 0 Å². The van der Waals surface area contributed by atoms with E-state index in [1.54, 1.807) is 30.1 Å². The zero-order valence-electron chi connectivity index (χ0n) is 10.9. The Morgan fingerprint density at radius 2 is 1.90 bits per heavy atom. The van der Waals surface area contributed by atoms with Crippen LogP contribution in [0.1, 0.15) is 28.2 Å². The summed E-state index contributed by atoms with van der Waals surface area (Å²) in [6.07, 6.45) is 0. The molecular formula is C14H12Br2FNOS. The highest BCUT2D eigenvalue weighted by atomic mass is 79.9. The molecule has 0 fully saturated rings. The average Bonchev–Trinajstić information content (AvgIpc) is 2.77. The summed E-state index contributed by atoms with van der Waals surface area (Å²) >= 11 is 8.14. The lowest BCUT2D eigenvalue weighted by atomic mass is 10.1. The van der Waals surface area contributed by atoms with Crippen LogP contribution < -0.4 is 0 Å². The number of hydrogen-bond donors (Lipinski definition) is 0. The minimum Gasteiger partial charge on any atom is -0.334 e. The molecule has 0 spiro atoms. The van der Waals surface area contributed by atoms with Crippen molar-refractivity contribution in [1.82, 2.24) is 4.90 Å². The van der Waals surface area contributed by atoms with Crippen LogP contribution in [0.5, 0.6) is 0 Å². The number of hydrogen-bond acceptors (Lipinski definition) is 2. The number of carbonyl (C=O) groups is 1. The van der Waals surface area contributed by atoms with E-state index in [0.29, 0.717) is 4.88 Å². The Bertz CT molecular complexity index is 607. The topological polar surface area (TPSA) is 20.3 Å². The largest absolute Gasteiger partial charge is 0.334 e. The minimum absolute atomic E-state index is 0.0572. The van der Waals surface area contributed by atoms with Crippen molar-refractivity contribution in [3.05, 3.63) is 54.8 Å². The average molecular weight is 421 g/mol. The highest BCUT2D eigenvalue weighted by molar-refractivity contribution is 9.13. The Hall–Kier alpha value is -0.720. The van der Waals surface area contributed by atoms with Crippen molar-refractivity contribution >= 4 is 49.1 Å². The van der Waals surface area contributed by atoms with E-state index < -0.39 is 0 Å². The third kappa shape index (κ3) is 3.30. The molecule has 1 aromatic carbocycles. The van der Waals surface area contributed by atoms with Crippen LogP contribution in [-0.4, -0.2) is 17.9 Å². The van der Waals surface area contributed by atoms with E-state index in [1.807, 2.05) is 6.92 Å². The van der Waals surface area contributed by atoms with Crippen molar-refractivity contribution in [2.45, 2.75) is 13.0 Å². The molecule has 6 heteroatoms. The van der Waals surface area contributed by atoms with E-state index in [0.717, 1.165) is 13.8 Å². The first-order chi connectivity index (χ1) is 9.40. The standard InChI is InChI=1S/C14H12Br2FNOS/c1-8(9-3-5-10(17)6-4-9)18(2)14(19)12-7-11(15)13(16)20-12/h3-8H,1-2H3. The van der Waals surface area contributed by atoms with Gasteiger partial charge in [-0.1, -0.05) is 12.1 Å². The molecule has 1 atom stereocenters. The Kier molecular flexibility index (Phi) is 4.99. The molecule has 2 aromatic rings. The number of halogens is 3. The molecular weight excluding hydrogens is 409 g/mol. The first kappa shape index (κ1) is 15.7. The van der Waals surface area contributed by atoms with Gasteiger partial charge in [0.25, 0.3) is 5.91 Å². The molecule has 0 radical (unpaired) electrons. The second-order valence-electron chi connectivity index (χ2n) is 4.38. The first-order valence-electron chi connectivity index (χ1n) is 5.87. The van der Waals surface area contributed by atoms with Gasteiger partial charge in [0.2, 0.25) is 0 Å². The Labute approximate surface area is 137 Å². The maximum atomic E-state index is 12.9. The van der Waals surface area contributed by atoms with Crippen molar-refractivity contribution in [3.8, 4) is 0 Å². The fourth-order valence-corrected chi connectivity index (χ4v) is 3.79. The van der Waals surface area contributed by atoms with Gasteiger partial charge in [-0.15, -0.1) is 11.3 Å². The highest BCUT2D eigenvalue weighted by Crippen LogP contribution is 2.33. The Balaban J connectivity index is 2.19. The summed E-state index contributed by atoms with van der Waals surface area (Å²) in [5.74, 6) is -0.334. The van der Waals surface area contributed by atoms with Crippen molar-refractivity contribution < 1.29 is 9.18 Å². The smallest absolute Gasteiger partial charge is 0.264 e. The van der Waals surface area contributed by atoms with Crippen LogP contribution in [0.15, 0.2) is 38.6 Å². The van der Waals surface area contributed by atoms with Crippen molar-refractivity contribution in [1.29, 1.82) is 0 Å². The van der Waals surface area contributed by atoms with Gasteiger partial charge in [-0.2, -0.15) is 0 Å². The van der Waals surface area contributed by atoms with Gasteiger partial charge in [-0.3, -0.25) is 4.79 Å². The van der Waals surface area contributed by atoms with Gasteiger partial charge in [-0.05, 0) is 62.5 Å². The van der Waals surface area contributed by atoms with Gasteiger partial charge in [0, 0.05) is 11.5 Å². The molecule has 0 N–H and O–H groups in total. The Morgan fingerprint density at radius 1 is 1.30 bits per heavy atom. The summed E-state index contributed by atoms with van der Waals surface area (Å²) in [5.41, 5.74) is 0.900. The second kappa shape index (κ2) is 6.37. The van der Waals surface area contributed by atoms with E-state index in [9.17, 15) is 9.18 Å². The van der Waals surface area contributed by atoms with E-state index in [2.05, 4.69) is 31.9 Å². The number of thiophene rings is 1. The summed E-state index contributed by atoms with van der Waals surface area (Å²) in [4.78, 5) is 14.7. The quantitative estimate of drug-likeness (QED) is 0.664. The maximum Gasteiger partial charge on any atom is 0.264 e. The molecule has 2 rings (SSSR count). The summed E-state index contributed by atoms with van der Waals surface area (Å²) in [6.45, 7) is 1.92. The molecule has 1 heterocycles. The summed E-state index contributed by atoms with van der Waals surface area (Å²) in [6, 6.07) is 7.88. The van der Waals surface area contributed by atoms with E-state index in [-0.39, 0.29) is 17.8 Å². The number of nitrogens with zero attached hydrogens (tertiary/aromatic N) is 1. The first-order valence-corrected chi connectivity index (χ1v) is 8.28. The van der Waals surface area contributed by atoms with Crippen LogP contribution in [0.3, 0.4) is 0 Å².